The van der Waals surface area contributed by atoms with Crippen LogP contribution in [0.5, 0.6) is 0 Å². The average Bonchev–Trinajstić information content (AvgIpc) is 3.45. The van der Waals surface area contributed by atoms with Crippen molar-refractivity contribution >= 4 is 15.9 Å². The summed E-state index contributed by atoms with van der Waals surface area (Å²) in [6.45, 7) is 2.24. The first kappa shape index (κ1) is 20.0. The first-order valence-electron chi connectivity index (χ1n) is 10.0. The molecular weight excluding hydrogens is 465 g/mol. The molecule has 0 N–H and O–H groups in total. The third-order valence-corrected chi connectivity index (χ3v) is 5.82. The first-order valence-corrected chi connectivity index (χ1v) is 10.8. The molecule has 1 aliphatic rings. The molecule has 1 atom stereocenters. The van der Waals surface area contributed by atoms with E-state index >= 15 is 0 Å². The van der Waals surface area contributed by atoms with Gasteiger partial charge in [-0.3, -0.25) is 4.90 Å². The minimum Gasteiger partial charge on any atom is -0.419 e. The van der Waals surface area contributed by atoms with Crippen LogP contribution >= 0.6 is 15.9 Å². The largest absolute Gasteiger partial charge is 0.419 e. The number of likely N-dealkylation sites (tertiary alicyclic amines) is 1. The molecule has 9 heteroatoms. The summed E-state index contributed by atoms with van der Waals surface area (Å²) >= 11 is 3.42. The summed E-state index contributed by atoms with van der Waals surface area (Å²) in [6.07, 6.45) is 1.95. The third kappa shape index (κ3) is 4.57. The summed E-state index contributed by atoms with van der Waals surface area (Å²) in [5.41, 5.74) is 1.49. The van der Waals surface area contributed by atoms with Crippen molar-refractivity contribution in [3.63, 3.8) is 0 Å². The van der Waals surface area contributed by atoms with Crippen LogP contribution in [-0.2, 0) is 6.54 Å². The molecule has 1 aliphatic heterocycles. The SMILES string of the molecule is Fc1cccc(-c2noc(C3CCCN(Cc4nnc(-c5ccc(Br)cc5)o4)C3)n2)c1. The van der Waals surface area contributed by atoms with E-state index in [2.05, 4.69) is 41.2 Å². The summed E-state index contributed by atoms with van der Waals surface area (Å²) in [5, 5.41) is 12.4. The maximum absolute atomic E-state index is 13.5. The Morgan fingerprint density at radius 3 is 2.81 bits per heavy atom. The molecule has 158 valence electrons. The summed E-state index contributed by atoms with van der Waals surface area (Å²) in [5.74, 6) is 1.84. The van der Waals surface area contributed by atoms with Crippen LogP contribution in [0.4, 0.5) is 4.39 Å². The van der Waals surface area contributed by atoms with Gasteiger partial charge >= 0.3 is 0 Å². The van der Waals surface area contributed by atoms with Crippen LogP contribution in [0.3, 0.4) is 0 Å². The van der Waals surface area contributed by atoms with E-state index in [1.807, 2.05) is 24.3 Å². The summed E-state index contributed by atoms with van der Waals surface area (Å²) in [6, 6.07) is 13.9. The minimum atomic E-state index is -0.324. The molecule has 0 bridgehead atoms. The van der Waals surface area contributed by atoms with Crippen molar-refractivity contribution in [1.29, 1.82) is 0 Å². The third-order valence-electron chi connectivity index (χ3n) is 5.30. The van der Waals surface area contributed by atoms with E-state index in [0.29, 0.717) is 35.6 Å². The van der Waals surface area contributed by atoms with Crippen LogP contribution in [0.1, 0.15) is 30.5 Å². The second-order valence-electron chi connectivity index (χ2n) is 7.55. The Morgan fingerprint density at radius 1 is 1.10 bits per heavy atom. The molecule has 0 saturated carbocycles. The second kappa shape index (κ2) is 8.68. The molecule has 5 rings (SSSR count). The zero-order valence-electron chi connectivity index (χ0n) is 16.5. The van der Waals surface area contributed by atoms with Crippen molar-refractivity contribution in [2.75, 3.05) is 13.1 Å². The summed E-state index contributed by atoms with van der Waals surface area (Å²) < 4.78 is 25.8. The molecule has 1 unspecified atom stereocenters. The number of piperidine rings is 1. The molecule has 0 amide bonds. The normalized spacial score (nSPS) is 17.2. The maximum atomic E-state index is 13.5. The highest BCUT2D eigenvalue weighted by molar-refractivity contribution is 9.10. The lowest BCUT2D eigenvalue weighted by atomic mass is 9.98. The molecular formula is C22H19BrFN5O2. The number of rotatable bonds is 5. The van der Waals surface area contributed by atoms with Crippen molar-refractivity contribution in [3.05, 3.63) is 70.6 Å². The average molecular weight is 484 g/mol. The van der Waals surface area contributed by atoms with Crippen LogP contribution in [0.15, 0.2) is 61.9 Å². The molecule has 4 aromatic rings. The summed E-state index contributed by atoms with van der Waals surface area (Å²) in [7, 11) is 0. The van der Waals surface area contributed by atoms with Gasteiger partial charge in [-0.15, -0.1) is 10.2 Å². The molecule has 1 saturated heterocycles. The Morgan fingerprint density at radius 2 is 1.97 bits per heavy atom. The minimum absolute atomic E-state index is 0.109. The number of halogens is 2. The number of benzene rings is 2. The van der Waals surface area contributed by atoms with Gasteiger partial charge in [0.15, 0.2) is 0 Å². The molecule has 0 aliphatic carbocycles. The number of nitrogens with zero attached hydrogens (tertiary/aromatic N) is 5. The topological polar surface area (TPSA) is 81.1 Å². The smallest absolute Gasteiger partial charge is 0.247 e. The second-order valence-corrected chi connectivity index (χ2v) is 8.46. The monoisotopic (exact) mass is 483 g/mol. The van der Waals surface area contributed by atoms with E-state index in [1.54, 1.807) is 12.1 Å². The quantitative estimate of drug-likeness (QED) is 0.391. The number of aromatic nitrogens is 4. The zero-order valence-corrected chi connectivity index (χ0v) is 18.1. The fourth-order valence-corrected chi connectivity index (χ4v) is 4.03. The molecule has 2 aromatic heterocycles. The highest BCUT2D eigenvalue weighted by atomic mass is 79.9. The fraction of sp³-hybridized carbons (Fsp3) is 0.273. The predicted molar refractivity (Wildman–Crippen MR) is 114 cm³/mol. The van der Waals surface area contributed by atoms with Crippen molar-refractivity contribution in [2.45, 2.75) is 25.3 Å². The Balaban J connectivity index is 1.25. The first-order chi connectivity index (χ1) is 15.1. The van der Waals surface area contributed by atoms with Crippen LogP contribution in [-0.4, -0.2) is 38.3 Å². The van der Waals surface area contributed by atoms with E-state index in [-0.39, 0.29) is 11.7 Å². The standard InChI is InChI=1S/C22H19BrFN5O2/c23-17-8-6-14(7-9-17)22-27-26-19(30-22)13-29-10-2-4-16(12-29)21-25-20(28-31-21)15-3-1-5-18(24)11-15/h1,3,5-9,11,16H,2,4,10,12-13H2. The van der Waals surface area contributed by atoms with E-state index in [0.717, 1.165) is 36.0 Å². The Labute approximate surface area is 186 Å². The van der Waals surface area contributed by atoms with E-state index in [9.17, 15) is 4.39 Å². The van der Waals surface area contributed by atoms with Crippen molar-refractivity contribution in [3.8, 4) is 22.8 Å². The van der Waals surface area contributed by atoms with Gasteiger partial charge < -0.3 is 8.94 Å². The van der Waals surface area contributed by atoms with Crippen LogP contribution in [0, 0.1) is 5.82 Å². The molecule has 0 spiro atoms. The molecule has 2 aromatic carbocycles. The highest BCUT2D eigenvalue weighted by Crippen LogP contribution is 2.29. The van der Waals surface area contributed by atoms with Crippen LogP contribution < -0.4 is 0 Å². The maximum Gasteiger partial charge on any atom is 0.247 e. The predicted octanol–water partition coefficient (Wildman–Crippen LogP) is 5.07. The highest BCUT2D eigenvalue weighted by Gasteiger charge is 2.27. The van der Waals surface area contributed by atoms with E-state index < -0.39 is 0 Å². The summed E-state index contributed by atoms with van der Waals surface area (Å²) in [4.78, 5) is 6.76. The Bertz CT molecular complexity index is 1180. The van der Waals surface area contributed by atoms with Gasteiger partial charge in [0.1, 0.15) is 5.82 Å². The number of hydrogen-bond donors (Lipinski definition) is 0. The Kier molecular flexibility index (Phi) is 5.61. The lowest BCUT2D eigenvalue weighted by molar-refractivity contribution is 0.167. The van der Waals surface area contributed by atoms with Gasteiger partial charge in [-0.1, -0.05) is 33.2 Å². The molecule has 0 radical (unpaired) electrons. The molecule has 3 heterocycles. The van der Waals surface area contributed by atoms with Gasteiger partial charge in [-0.25, -0.2) is 4.39 Å². The van der Waals surface area contributed by atoms with Crippen molar-refractivity contribution in [1.82, 2.24) is 25.2 Å². The van der Waals surface area contributed by atoms with Gasteiger partial charge in [-0.2, -0.15) is 4.98 Å². The van der Waals surface area contributed by atoms with Crippen LogP contribution in [0.25, 0.3) is 22.8 Å². The van der Waals surface area contributed by atoms with Gasteiger partial charge in [0.25, 0.3) is 0 Å². The lowest BCUT2D eigenvalue weighted by Crippen LogP contribution is -2.34. The number of hydrogen-bond acceptors (Lipinski definition) is 7. The molecule has 31 heavy (non-hydrogen) atoms. The zero-order chi connectivity index (χ0) is 21.2. The van der Waals surface area contributed by atoms with Gasteiger partial charge in [0.2, 0.25) is 23.5 Å². The van der Waals surface area contributed by atoms with Gasteiger partial charge in [0, 0.05) is 22.1 Å². The van der Waals surface area contributed by atoms with Crippen molar-refractivity contribution in [2.24, 2.45) is 0 Å². The van der Waals surface area contributed by atoms with Gasteiger partial charge in [-0.05, 0) is 55.8 Å². The van der Waals surface area contributed by atoms with Crippen LogP contribution in [0.2, 0.25) is 0 Å². The van der Waals surface area contributed by atoms with E-state index in [1.165, 1.54) is 12.1 Å². The van der Waals surface area contributed by atoms with E-state index in [4.69, 9.17) is 8.94 Å². The molecule has 7 nitrogen and oxygen atoms in total. The fourth-order valence-electron chi connectivity index (χ4n) is 3.76. The van der Waals surface area contributed by atoms with Crippen molar-refractivity contribution < 1.29 is 13.3 Å². The lowest BCUT2D eigenvalue weighted by Gasteiger charge is -2.29. The Hall–Kier alpha value is -2.91. The molecule has 1 fully saturated rings. The van der Waals surface area contributed by atoms with Gasteiger partial charge in [0.05, 0.1) is 12.5 Å².